The minimum atomic E-state index is -1.23. The zero-order chi connectivity index (χ0) is 15.8. The average molecular weight is 293 g/mol. The highest BCUT2D eigenvalue weighted by Gasteiger charge is 2.23. The molecule has 0 radical (unpaired) electrons. The lowest BCUT2D eigenvalue weighted by Gasteiger charge is -2.17. The number of carboxylic acids is 2. The van der Waals surface area contributed by atoms with E-state index in [9.17, 15) is 14.4 Å². The van der Waals surface area contributed by atoms with Crippen molar-refractivity contribution >= 4 is 17.8 Å². The molecule has 1 amide bonds. The van der Waals surface area contributed by atoms with Gasteiger partial charge in [-0.2, -0.15) is 0 Å². The van der Waals surface area contributed by atoms with Gasteiger partial charge in [0.25, 0.3) is 0 Å². The van der Waals surface area contributed by atoms with Gasteiger partial charge in [0.1, 0.15) is 6.04 Å². The Hall–Kier alpha value is -2.37. The largest absolute Gasteiger partial charge is 0.481 e. The maximum Gasteiger partial charge on any atom is 0.326 e. The van der Waals surface area contributed by atoms with Crippen LogP contribution in [0.1, 0.15) is 25.3 Å². The highest BCUT2D eigenvalue weighted by atomic mass is 16.4. The third kappa shape index (κ3) is 6.07. The van der Waals surface area contributed by atoms with Gasteiger partial charge >= 0.3 is 11.9 Å². The number of amides is 1. The normalized spacial score (nSPS) is 13.2. The molecule has 0 aliphatic rings. The molecule has 0 bridgehead atoms. The molecule has 1 aromatic rings. The van der Waals surface area contributed by atoms with Gasteiger partial charge in [-0.1, -0.05) is 37.3 Å². The first kappa shape index (κ1) is 16.7. The molecule has 0 heterocycles. The first-order chi connectivity index (χ1) is 9.90. The molecular formula is C15H19NO5. The van der Waals surface area contributed by atoms with Crippen LogP contribution in [-0.2, 0) is 20.8 Å². The van der Waals surface area contributed by atoms with Gasteiger partial charge in [-0.15, -0.1) is 0 Å². The molecule has 3 N–H and O–H groups in total. The van der Waals surface area contributed by atoms with E-state index < -0.39 is 23.9 Å². The molecule has 0 aliphatic carbocycles. The van der Waals surface area contributed by atoms with Crippen LogP contribution in [0.2, 0.25) is 0 Å². The van der Waals surface area contributed by atoms with Crippen LogP contribution in [0.5, 0.6) is 0 Å². The number of nitrogens with one attached hydrogen (secondary N) is 1. The summed E-state index contributed by atoms with van der Waals surface area (Å²) in [4.78, 5) is 33.5. The first-order valence-corrected chi connectivity index (χ1v) is 6.69. The number of carboxylic acid groups (broad SMARTS) is 2. The molecule has 0 saturated heterocycles. The number of carbonyl (C=O) groups is 3. The van der Waals surface area contributed by atoms with E-state index in [1.54, 1.807) is 6.92 Å². The van der Waals surface area contributed by atoms with Crippen LogP contribution < -0.4 is 5.32 Å². The molecule has 6 heteroatoms. The summed E-state index contributed by atoms with van der Waals surface area (Å²) >= 11 is 0. The SMILES string of the molecule is C[C@@H](Cc1ccccc1)C(=O)N[C@@H](CCC(=O)O)C(=O)O. The van der Waals surface area contributed by atoms with E-state index in [-0.39, 0.29) is 18.8 Å². The fraction of sp³-hybridized carbons (Fsp3) is 0.400. The van der Waals surface area contributed by atoms with Crippen LogP contribution in [0.4, 0.5) is 0 Å². The number of rotatable bonds is 8. The molecule has 0 aromatic heterocycles. The van der Waals surface area contributed by atoms with Crippen molar-refractivity contribution in [1.29, 1.82) is 0 Å². The number of benzene rings is 1. The summed E-state index contributed by atoms with van der Waals surface area (Å²) < 4.78 is 0. The molecule has 1 aromatic carbocycles. The minimum absolute atomic E-state index is 0.130. The van der Waals surface area contributed by atoms with E-state index in [1.165, 1.54) is 0 Å². The molecule has 2 atom stereocenters. The van der Waals surface area contributed by atoms with Crippen molar-refractivity contribution in [3.8, 4) is 0 Å². The van der Waals surface area contributed by atoms with E-state index in [2.05, 4.69) is 5.32 Å². The van der Waals surface area contributed by atoms with Gasteiger partial charge in [0.15, 0.2) is 0 Å². The van der Waals surface area contributed by atoms with Gasteiger partial charge in [0.05, 0.1) is 0 Å². The van der Waals surface area contributed by atoms with E-state index in [1.807, 2.05) is 30.3 Å². The Kier molecular flexibility index (Phi) is 6.39. The quantitative estimate of drug-likeness (QED) is 0.670. The van der Waals surface area contributed by atoms with E-state index in [0.29, 0.717) is 6.42 Å². The van der Waals surface area contributed by atoms with Gasteiger partial charge in [-0.3, -0.25) is 9.59 Å². The molecule has 0 unspecified atom stereocenters. The average Bonchev–Trinajstić information content (AvgIpc) is 2.43. The standard InChI is InChI=1S/C15H19NO5/c1-10(9-11-5-3-2-4-6-11)14(19)16-12(15(20)21)7-8-13(17)18/h2-6,10,12H,7-9H2,1H3,(H,16,19)(H,17,18)(H,20,21)/t10-,12-/m0/s1. The van der Waals surface area contributed by atoms with E-state index in [4.69, 9.17) is 10.2 Å². The Labute approximate surface area is 122 Å². The van der Waals surface area contributed by atoms with Crippen LogP contribution in [0.25, 0.3) is 0 Å². The maximum atomic E-state index is 12.0. The molecule has 0 saturated carbocycles. The number of hydrogen-bond acceptors (Lipinski definition) is 3. The van der Waals surface area contributed by atoms with E-state index >= 15 is 0 Å². The van der Waals surface area contributed by atoms with Gasteiger partial charge in [0.2, 0.25) is 5.91 Å². The zero-order valence-corrected chi connectivity index (χ0v) is 11.8. The lowest BCUT2D eigenvalue weighted by molar-refractivity contribution is -0.143. The number of carbonyl (C=O) groups excluding carboxylic acids is 1. The predicted octanol–water partition coefficient (Wildman–Crippen LogP) is 1.30. The molecule has 6 nitrogen and oxygen atoms in total. The monoisotopic (exact) mass is 293 g/mol. The van der Waals surface area contributed by atoms with Crippen molar-refractivity contribution in [1.82, 2.24) is 5.32 Å². The van der Waals surface area contributed by atoms with Crippen LogP contribution in [-0.4, -0.2) is 34.1 Å². The number of aliphatic carboxylic acids is 2. The van der Waals surface area contributed by atoms with E-state index in [0.717, 1.165) is 5.56 Å². The smallest absolute Gasteiger partial charge is 0.326 e. The summed E-state index contributed by atoms with van der Waals surface area (Å²) in [5, 5.41) is 20.0. The lowest BCUT2D eigenvalue weighted by Crippen LogP contribution is -2.43. The fourth-order valence-electron chi connectivity index (χ4n) is 1.90. The molecule has 1 rings (SSSR count). The zero-order valence-electron chi connectivity index (χ0n) is 11.8. The second-order valence-corrected chi connectivity index (χ2v) is 4.92. The van der Waals surface area contributed by atoms with Gasteiger partial charge < -0.3 is 15.5 Å². The van der Waals surface area contributed by atoms with Crippen molar-refractivity contribution in [3.63, 3.8) is 0 Å². The van der Waals surface area contributed by atoms with Crippen molar-refractivity contribution in [2.45, 2.75) is 32.2 Å². The van der Waals surface area contributed by atoms with Crippen LogP contribution >= 0.6 is 0 Å². The second-order valence-electron chi connectivity index (χ2n) is 4.92. The van der Waals surface area contributed by atoms with Crippen molar-refractivity contribution < 1.29 is 24.6 Å². The molecule has 114 valence electrons. The first-order valence-electron chi connectivity index (χ1n) is 6.69. The highest BCUT2D eigenvalue weighted by molar-refractivity contribution is 5.85. The third-order valence-electron chi connectivity index (χ3n) is 3.09. The Balaban J connectivity index is 2.56. The van der Waals surface area contributed by atoms with Gasteiger partial charge in [-0.25, -0.2) is 4.79 Å². The highest BCUT2D eigenvalue weighted by Crippen LogP contribution is 2.09. The Morgan fingerprint density at radius 2 is 1.76 bits per heavy atom. The predicted molar refractivity (Wildman–Crippen MR) is 75.7 cm³/mol. The molecule has 0 fully saturated rings. The molecular weight excluding hydrogens is 274 g/mol. The number of hydrogen-bond donors (Lipinski definition) is 3. The summed E-state index contributed by atoms with van der Waals surface area (Å²) in [6.45, 7) is 1.71. The van der Waals surface area contributed by atoms with Gasteiger partial charge in [0, 0.05) is 12.3 Å². The summed E-state index contributed by atoms with van der Waals surface area (Å²) in [5.41, 5.74) is 0.984. The van der Waals surface area contributed by atoms with Crippen LogP contribution in [0.15, 0.2) is 30.3 Å². The van der Waals surface area contributed by atoms with Crippen molar-refractivity contribution in [2.75, 3.05) is 0 Å². The van der Waals surface area contributed by atoms with Crippen LogP contribution in [0, 0.1) is 5.92 Å². The van der Waals surface area contributed by atoms with Crippen molar-refractivity contribution in [3.05, 3.63) is 35.9 Å². The third-order valence-corrected chi connectivity index (χ3v) is 3.09. The van der Waals surface area contributed by atoms with Crippen LogP contribution in [0.3, 0.4) is 0 Å². The Morgan fingerprint density at radius 1 is 1.14 bits per heavy atom. The summed E-state index contributed by atoms with van der Waals surface area (Å²) in [6.07, 6.45) is 0.0662. The minimum Gasteiger partial charge on any atom is -0.481 e. The second kappa shape index (κ2) is 8.04. The topological polar surface area (TPSA) is 104 Å². The Morgan fingerprint density at radius 3 is 2.29 bits per heavy atom. The van der Waals surface area contributed by atoms with Crippen molar-refractivity contribution in [2.24, 2.45) is 5.92 Å². The molecule has 0 spiro atoms. The molecule has 21 heavy (non-hydrogen) atoms. The van der Waals surface area contributed by atoms with Gasteiger partial charge in [-0.05, 0) is 18.4 Å². The lowest BCUT2D eigenvalue weighted by atomic mass is 9.99. The maximum absolute atomic E-state index is 12.0. The fourth-order valence-corrected chi connectivity index (χ4v) is 1.90. The summed E-state index contributed by atoms with van der Waals surface area (Å²) in [7, 11) is 0. The Bertz CT molecular complexity index is 500. The molecule has 0 aliphatic heterocycles. The summed E-state index contributed by atoms with van der Waals surface area (Å²) in [6, 6.07) is 8.22. The summed E-state index contributed by atoms with van der Waals surface area (Å²) in [5.74, 6) is -3.10.